The maximum Gasteiger partial charge on any atom is 0.126 e. The predicted octanol–water partition coefficient (Wildman–Crippen LogP) is 3.13. The number of aromatic nitrogens is 1. The van der Waals surface area contributed by atoms with E-state index in [9.17, 15) is 0 Å². The molecular weight excluding hydrogens is 172 g/mol. The molecule has 1 aromatic heterocycles. The summed E-state index contributed by atoms with van der Waals surface area (Å²) in [7, 11) is 0. The summed E-state index contributed by atoms with van der Waals surface area (Å²) >= 11 is 0. The SMILES string of the molecule is CCC1(Nc2ccc(C)cn2)CCC1. The summed E-state index contributed by atoms with van der Waals surface area (Å²) in [6.45, 7) is 4.32. The molecular formula is C12H18N2. The van der Waals surface area contributed by atoms with Gasteiger partial charge in [0.2, 0.25) is 0 Å². The minimum absolute atomic E-state index is 0.349. The Labute approximate surface area is 85.7 Å². The molecule has 0 unspecified atom stereocenters. The van der Waals surface area contributed by atoms with Gasteiger partial charge in [-0.05, 0) is 44.2 Å². The number of aryl methyl sites for hydroxylation is 1. The maximum absolute atomic E-state index is 4.38. The first-order valence-corrected chi connectivity index (χ1v) is 5.45. The number of pyridine rings is 1. The van der Waals surface area contributed by atoms with E-state index in [1.165, 1.54) is 31.2 Å². The molecule has 0 amide bonds. The van der Waals surface area contributed by atoms with Crippen LogP contribution >= 0.6 is 0 Å². The molecule has 2 rings (SSSR count). The summed E-state index contributed by atoms with van der Waals surface area (Å²) in [4.78, 5) is 4.38. The van der Waals surface area contributed by atoms with Crippen LogP contribution in [-0.4, -0.2) is 10.5 Å². The molecule has 1 fully saturated rings. The molecule has 1 aliphatic carbocycles. The molecule has 1 aliphatic rings. The van der Waals surface area contributed by atoms with Crippen molar-refractivity contribution in [1.82, 2.24) is 4.98 Å². The molecule has 0 spiro atoms. The van der Waals surface area contributed by atoms with Gasteiger partial charge in [0.15, 0.2) is 0 Å². The van der Waals surface area contributed by atoms with Crippen molar-refractivity contribution in [3.05, 3.63) is 23.9 Å². The largest absolute Gasteiger partial charge is 0.365 e. The van der Waals surface area contributed by atoms with Crippen LogP contribution in [0.15, 0.2) is 18.3 Å². The van der Waals surface area contributed by atoms with E-state index in [2.05, 4.69) is 36.3 Å². The minimum Gasteiger partial charge on any atom is -0.365 e. The van der Waals surface area contributed by atoms with Gasteiger partial charge in [-0.15, -0.1) is 0 Å². The molecule has 0 bridgehead atoms. The smallest absolute Gasteiger partial charge is 0.126 e. The van der Waals surface area contributed by atoms with E-state index < -0.39 is 0 Å². The highest BCUT2D eigenvalue weighted by Crippen LogP contribution is 2.37. The van der Waals surface area contributed by atoms with Crippen LogP contribution in [0, 0.1) is 6.92 Å². The lowest BCUT2D eigenvalue weighted by Gasteiger charge is -2.42. The maximum atomic E-state index is 4.38. The summed E-state index contributed by atoms with van der Waals surface area (Å²) in [6.07, 6.45) is 7.05. The van der Waals surface area contributed by atoms with Gasteiger partial charge >= 0.3 is 0 Å². The molecule has 1 saturated carbocycles. The monoisotopic (exact) mass is 190 g/mol. The Morgan fingerprint density at radius 1 is 1.43 bits per heavy atom. The fraction of sp³-hybridized carbons (Fsp3) is 0.583. The van der Waals surface area contributed by atoms with Crippen molar-refractivity contribution in [3.8, 4) is 0 Å². The Morgan fingerprint density at radius 2 is 2.21 bits per heavy atom. The van der Waals surface area contributed by atoms with Crippen LogP contribution in [0.4, 0.5) is 5.82 Å². The van der Waals surface area contributed by atoms with Crippen molar-refractivity contribution in [3.63, 3.8) is 0 Å². The summed E-state index contributed by atoms with van der Waals surface area (Å²) in [5.41, 5.74) is 1.57. The first-order valence-electron chi connectivity index (χ1n) is 5.45. The van der Waals surface area contributed by atoms with E-state index in [1.54, 1.807) is 0 Å². The molecule has 14 heavy (non-hydrogen) atoms. The van der Waals surface area contributed by atoms with Crippen LogP contribution < -0.4 is 5.32 Å². The van der Waals surface area contributed by atoms with Gasteiger partial charge in [-0.25, -0.2) is 4.98 Å². The number of hydrogen-bond donors (Lipinski definition) is 1. The molecule has 0 aromatic carbocycles. The zero-order chi connectivity index (χ0) is 10.0. The number of nitrogens with one attached hydrogen (secondary N) is 1. The second kappa shape index (κ2) is 3.60. The Balaban J connectivity index is 2.06. The van der Waals surface area contributed by atoms with Crippen LogP contribution in [-0.2, 0) is 0 Å². The fourth-order valence-corrected chi connectivity index (χ4v) is 1.98. The first-order chi connectivity index (χ1) is 6.74. The van der Waals surface area contributed by atoms with E-state index >= 15 is 0 Å². The second-order valence-corrected chi connectivity index (χ2v) is 4.33. The van der Waals surface area contributed by atoms with E-state index in [0.29, 0.717) is 5.54 Å². The normalized spacial score (nSPS) is 18.7. The lowest BCUT2D eigenvalue weighted by molar-refractivity contribution is 0.269. The molecule has 2 heteroatoms. The van der Waals surface area contributed by atoms with Crippen molar-refractivity contribution in [1.29, 1.82) is 0 Å². The number of rotatable bonds is 3. The molecule has 0 saturated heterocycles. The summed E-state index contributed by atoms with van der Waals surface area (Å²) in [5.74, 6) is 1.03. The quantitative estimate of drug-likeness (QED) is 0.792. The van der Waals surface area contributed by atoms with E-state index in [0.717, 1.165) is 5.82 Å². The second-order valence-electron chi connectivity index (χ2n) is 4.33. The van der Waals surface area contributed by atoms with Crippen molar-refractivity contribution >= 4 is 5.82 Å². The Morgan fingerprint density at radius 3 is 2.64 bits per heavy atom. The van der Waals surface area contributed by atoms with Gasteiger partial charge in [0.25, 0.3) is 0 Å². The highest BCUT2D eigenvalue weighted by molar-refractivity contribution is 5.39. The number of nitrogens with zero attached hydrogens (tertiary/aromatic N) is 1. The van der Waals surface area contributed by atoms with Crippen LogP contribution in [0.5, 0.6) is 0 Å². The van der Waals surface area contributed by atoms with Gasteiger partial charge in [0.1, 0.15) is 5.82 Å². The van der Waals surface area contributed by atoms with Gasteiger partial charge < -0.3 is 5.32 Å². The third-order valence-electron chi connectivity index (χ3n) is 3.29. The van der Waals surface area contributed by atoms with Gasteiger partial charge in [0.05, 0.1) is 0 Å². The molecule has 0 radical (unpaired) electrons. The summed E-state index contributed by atoms with van der Waals surface area (Å²) < 4.78 is 0. The summed E-state index contributed by atoms with van der Waals surface area (Å²) in [6, 6.07) is 4.18. The predicted molar refractivity (Wildman–Crippen MR) is 59.5 cm³/mol. The summed E-state index contributed by atoms with van der Waals surface area (Å²) in [5, 5.41) is 3.56. The van der Waals surface area contributed by atoms with Crippen LogP contribution in [0.25, 0.3) is 0 Å². The van der Waals surface area contributed by atoms with Crippen LogP contribution in [0.2, 0.25) is 0 Å². The van der Waals surface area contributed by atoms with Crippen molar-refractivity contribution < 1.29 is 0 Å². The third kappa shape index (κ3) is 1.74. The molecule has 0 aliphatic heterocycles. The minimum atomic E-state index is 0.349. The molecule has 1 aromatic rings. The van der Waals surface area contributed by atoms with Gasteiger partial charge in [-0.3, -0.25) is 0 Å². The van der Waals surface area contributed by atoms with Crippen LogP contribution in [0.3, 0.4) is 0 Å². The first kappa shape index (κ1) is 9.50. The lowest BCUT2D eigenvalue weighted by Crippen LogP contribution is -2.44. The van der Waals surface area contributed by atoms with Gasteiger partial charge in [-0.2, -0.15) is 0 Å². The zero-order valence-corrected chi connectivity index (χ0v) is 9.01. The molecule has 0 atom stereocenters. The van der Waals surface area contributed by atoms with E-state index in [-0.39, 0.29) is 0 Å². The Hall–Kier alpha value is -1.05. The lowest BCUT2D eigenvalue weighted by atomic mass is 9.75. The highest BCUT2D eigenvalue weighted by atomic mass is 15.1. The molecule has 76 valence electrons. The van der Waals surface area contributed by atoms with Crippen molar-refractivity contribution in [2.45, 2.75) is 45.1 Å². The molecule has 1 N–H and O–H groups in total. The van der Waals surface area contributed by atoms with Crippen molar-refractivity contribution in [2.75, 3.05) is 5.32 Å². The Kier molecular flexibility index (Phi) is 2.44. The topological polar surface area (TPSA) is 24.9 Å². The van der Waals surface area contributed by atoms with E-state index in [1.807, 2.05) is 6.20 Å². The Bertz CT molecular complexity index is 293. The average Bonchev–Trinajstić information content (AvgIpc) is 2.15. The number of anilines is 1. The van der Waals surface area contributed by atoms with Crippen LogP contribution in [0.1, 0.15) is 38.2 Å². The third-order valence-corrected chi connectivity index (χ3v) is 3.29. The molecule has 1 heterocycles. The molecule has 2 nitrogen and oxygen atoms in total. The van der Waals surface area contributed by atoms with Crippen molar-refractivity contribution in [2.24, 2.45) is 0 Å². The zero-order valence-electron chi connectivity index (χ0n) is 9.01. The van der Waals surface area contributed by atoms with Gasteiger partial charge in [0, 0.05) is 11.7 Å². The standard InChI is InChI=1S/C12H18N2/c1-3-12(7-4-8-12)14-11-6-5-10(2)9-13-11/h5-6,9H,3-4,7-8H2,1-2H3,(H,13,14). The van der Waals surface area contributed by atoms with E-state index in [4.69, 9.17) is 0 Å². The average molecular weight is 190 g/mol. The highest BCUT2D eigenvalue weighted by Gasteiger charge is 2.34. The fourth-order valence-electron chi connectivity index (χ4n) is 1.98. The number of hydrogen-bond acceptors (Lipinski definition) is 2. The van der Waals surface area contributed by atoms with Gasteiger partial charge in [-0.1, -0.05) is 13.0 Å².